The van der Waals surface area contributed by atoms with Gasteiger partial charge in [-0.15, -0.1) is 0 Å². The lowest BCUT2D eigenvalue weighted by atomic mass is 10.1. The van der Waals surface area contributed by atoms with E-state index in [1.54, 1.807) is 6.07 Å². The SMILES string of the molecule is CCNC(=NCc1cccc(C#N)c1)NCc1ccccc1OC(C)(C)C. The summed E-state index contributed by atoms with van der Waals surface area (Å²) in [6, 6.07) is 17.7. The molecule has 27 heavy (non-hydrogen) atoms. The molecule has 0 fully saturated rings. The molecular formula is C22H28N4O. The fourth-order valence-corrected chi connectivity index (χ4v) is 2.51. The summed E-state index contributed by atoms with van der Waals surface area (Å²) in [6.07, 6.45) is 0. The summed E-state index contributed by atoms with van der Waals surface area (Å²) < 4.78 is 6.05. The number of guanidine groups is 1. The molecule has 5 nitrogen and oxygen atoms in total. The van der Waals surface area contributed by atoms with E-state index in [1.807, 2.05) is 70.2 Å². The zero-order chi connectivity index (χ0) is 19.7. The zero-order valence-corrected chi connectivity index (χ0v) is 16.5. The summed E-state index contributed by atoms with van der Waals surface area (Å²) >= 11 is 0. The molecule has 0 saturated heterocycles. The molecule has 0 bridgehead atoms. The first kappa shape index (κ1) is 20.3. The number of nitriles is 1. The molecule has 0 spiro atoms. The summed E-state index contributed by atoms with van der Waals surface area (Å²) in [7, 11) is 0. The van der Waals surface area contributed by atoms with E-state index in [0.29, 0.717) is 18.7 Å². The van der Waals surface area contributed by atoms with Crippen molar-refractivity contribution in [2.24, 2.45) is 4.99 Å². The van der Waals surface area contributed by atoms with Crippen LogP contribution in [-0.2, 0) is 13.1 Å². The van der Waals surface area contributed by atoms with Gasteiger partial charge in [0.1, 0.15) is 11.4 Å². The van der Waals surface area contributed by atoms with Gasteiger partial charge < -0.3 is 15.4 Å². The monoisotopic (exact) mass is 364 g/mol. The Morgan fingerprint density at radius 1 is 1.11 bits per heavy atom. The molecule has 0 heterocycles. The summed E-state index contributed by atoms with van der Waals surface area (Å²) in [6.45, 7) is 10.0. The van der Waals surface area contributed by atoms with Crippen molar-refractivity contribution in [3.8, 4) is 11.8 Å². The van der Waals surface area contributed by atoms with Gasteiger partial charge in [-0.05, 0) is 51.5 Å². The van der Waals surface area contributed by atoms with Gasteiger partial charge in [0, 0.05) is 18.7 Å². The lowest BCUT2D eigenvalue weighted by molar-refractivity contribution is 0.129. The molecular weight excluding hydrogens is 336 g/mol. The first-order valence-electron chi connectivity index (χ1n) is 9.19. The first-order valence-corrected chi connectivity index (χ1v) is 9.19. The maximum absolute atomic E-state index is 9.02. The quantitative estimate of drug-likeness (QED) is 0.601. The molecule has 0 aliphatic carbocycles. The molecule has 0 unspecified atom stereocenters. The van der Waals surface area contributed by atoms with Gasteiger partial charge in [-0.2, -0.15) is 5.26 Å². The predicted octanol–water partition coefficient (Wildman–Crippen LogP) is 3.99. The molecule has 0 aliphatic heterocycles. The van der Waals surface area contributed by atoms with Gasteiger partial charge in [0.2, 0.25) is 0 Å². The Labute approximate surface area is 162 Å². The molecule has 0 atom stereocenters. The Balaban J connectivity index is 2.07. The van der Waals surface area contributed by atoms with Crippen LogP contribution < -0.4 is 15.4 Å². The van der Waals surface area contributed by atoms with Crippen LogP contribution in [0, 0.1) is 11.3 Å². The van der Waals surface area contributed by atoms with Gasteiger partial charge in [0.05, 0.1) is 18.2 Å². The fraction of sp³-hybridized carbons (Fsp3) is 0.364. The molecule has 2 N–H and O–H groups in total. The molecule has 0 amide bonds. The van der Waals surface area contributed by atoms with E-state index in [9.17, 15) is 0 Å². The molecule has 0 saturated carbocycles. The third-order valence-electron chi connectivity index (χ3n) is 3.66. The van der Waals surface area contributed by atoms with Crippen LogP contribution in [0.5, 0.6) is 5.75 Å². The number of hydrogen-bond donors (Lipinski definition) is 2. The topological polar surface area (TPSA) is 69.4 Å². The summed E-state index contributed by atoms with van der Waals surface area (Å²) in [5.41, 5.74) is 2.47. The third kappa shape index (κ3) is 7.02. The van der Waals surface area contributed by atoms with Crippen molar-refractivity contribution in [1.29, 1.82) is 5.26 Å². The Morgan fingerprint density at radius 2 is 1.89 bits per heavy atom. The number of nitrogens with zero attached hydrogens (tertiary/aromatic N) is 2. The van der Waals surface area contributed by atoms with Crippen molar-refractivity contribution in [1.82, 2.24) is 10.6 Å². The second-order valence-corrected chi connectivity index (χ2v) is 7.18. The third-order valence-corrected chi connectivity index (χ3v) is 3.66. The highest BCUT2D eigenvalue weighted by Crippen LogP contribution is 2.22. The molecule has 2 aromatic carbocycles. The summed E-state index contributed by atoms with van der Waals surface area (Å²) in [5.74, 6) is 1.60. The standard InChI is InChI=1S/C22H28N4O/c1-5-24-21(25-15-18-10-8-9-17(13-18)14-23)26-16-19-11-6-7-12-20(19)27-22(2,3)4/h6-13H,5,15-16H2,1-4H3,(H2,24,25,26). The number of aliphatic imine (C=N–C) groups is 1. The highest BCUT2D eigenvalue weighted by molar-refractivity contribution is 5.79. The van der Waals surface area contributed by atoms with E-state index in [0.717, 1.165) is 29.4 Å². The van der Waals surface area contributed by atoms with Gasteiger partial charge in [-0.25, -0.2) is 4.99 Å². The molecule has 142 valence electrons. The highest BCUT2D eigenvalue weighted by Gasteiger charge is 2.14. The lowest BCUT2D eigenvalue weighted by Crippen LogP contribution is -2.37. The van der Waals surface area contributed by atoms with Gasteiger partial charge >= 0.3 is 0 Å². The van der Waals surface area contributed by atoms with Crippen LogP contribution in [0.25, 0.3) is 0 Å². The average Bonchev–Trinajstić information content (AvgIpc) is 2.64. The normalized spacial score (nSPS) is 11.6. The van der Waals surface area contributed by atoms with Crippen molar-refractivity contribution in [3.05, 3.63) is 65.2 Å². The second-order valence-electron chi connectivity index (χ2n) is 7.18. The van der Waals surface area contributed by atoms with E-state index in [2.05, 4.69) is 21.7 Å². The van der Waals surface area contributed by atoms with E-state index in [4.69, 9.17) is 10.00 Å². The van der Waals surface area contributed by atoms with E-state index in [-0.39, 0.29) is 5.60 Å². The minimum atomic E-state index is -0.250. The number of nitrogens with one attached hydrogen (secondary N) is 2. The minimum absolute atomic E-state index is 0.250. The van der Waals surface area contributed by atoms with Gasteiger partial charge in [0.25, 0.3) is 0 Å². The molecule has 0 radical (unpaired) electrons. The van der Waals surface area contributed by atoms with Crippen molar-refractivity contribution in [2.75, 3.05) is 6.54 Å². The van der Waals surface area contributed by atoms with E-state index in [1.165, 1.54) is 0 Å². The van der Waals surface area contributed by atoms with Crippen LogP contribution in [-0.4, -0.2) is 18.1 Å². The summed E-state index contributed by atoms with van der Waals surface area (Å²) in [4.78, 5) is 4.62. The Bertz CT molecular complexity index is 816. The second kappa shape index (κ2) is 9.63. The van der Waals surface area contributed by atoms with Crippen molar-refractivity contribution in [3.63, 3.8) is 0 Å². The number of benzene rings is 2. The van der Waals surface area contributed by atoms with Crippen LogP contribution >= 0.6 is 0 Å². The number of ether oxygens (including phenoxy) is 1. The van der Waals surface area contributed by atoms with Gasteiger partial charge in [-0.3, -0.25) is 0 Å². The summed E-state index contributed by atoms with van der Waals surface area (Å²) in [5, 5.41) is 15.6. The van der Waals surface area contributed by atoms with Crippen LogP contribution in [0.3, 0.4) is 0 Å². The first-order chi connectivity index (χ1) is 12.9. The molecule has 0 aliphatic rings. The van der Waals surface area contributed by atoms with E-state index >= 15 is 0 Å². The van der Waals surface area contributed by atoms with Crippen molar-refractivity contribution in [2.45, 2.75) is 46.4 Å². The minimum Gasteiger partial charge on any atom is -0.488 e. The van der Waals surface area contributed by atoms with Crippen molar-refractivity contribution >= 4 is 5.96 Å². The fourth-order valence-electron chi connectivity index (χ4n) is 2.51. The van der Waals surface area contributed by atoms with Crippen molar-refractivity contribution < 1.29 is 4.74 Å². The number of para-hydroxylation sites is 1. The van der Waals surface area contributed by atoms with Crippen LogP contribution in [0.15, 0.2) is 53.5 Å². The van der Waals surface area contributed by atoms with Crippen LogP contribution in [0.4, 0.5) is 0 Å². The maximum atomic E-state index is 9.02. The van der Waals surface area contributed by atoms with Crippen LogP contribution in [0.1, 0.15) is 44.4 Å². The van der Waals surface area contributed by atoms with Gasteiger partial charge in [-0.1, -0.05) is 30.3 Å². The Kier molecular flexibility index (Phi) is 7.25. The molecule has 2 rings (SSSR count). The van der Waals surface area contributed by atoms with E-state index < -0.39 is 0 Å². The molecule has 5 heteroatoms. The molecule has 2 aromatic rings. The lowest BCUT2D eigenvalue weighted by Gasteiger charge is -2.23. The zero-order valence-electron chi connectivity index (χ0n) is 16.5. The maximum Gasteiger partial charge on any atom is 0.191 e. The predicted molar refractivity (Wildman–Crippen MR) is 110 cm³/mol. The smallest absolute Gasteiger partial charge is 0.191 e. The average molecular weight is 364 g/mol. The van der Waals surface area contributed by atoms with Gasteiger partial charge in [0.15, 0.2) is 5.96 Å². The number of rotatable bonds is 6. The Hall–Kier alpha value is -3.00. The Morgan fingerprint density at radius 3 is 2.59 bits per heavy atom. The largest absolute Gasteiger partial charge is 0.488 e. The number of hydrogen-bond acceptors (Lipinski definition) is 3. The molecule has 0 aromatic heterocycles. The van der Waals surface area contributed by atoms with Crippen LogP contribution in [0.2, 0.25) is 0 Å². The highest BCUT2D eigenvalue weighted by atomic mass is 16.5.